The summed E-state index contributed by atoms with van der Waals surface area (Å²) in [5, 5.41) is 9.75. The predicted molar refractivity (Wildman–Crippen MR) is 117 cm³/mol. The van der Waals surface area contributed by atoms with Crippen molar-refractivity contribution in [3.63, 3.8) is 0 Å². The van der Waals surface area contributed by atoms with E-state index in [2.05, 4.69) is 19.7 Å². The predicted octanol–water partition coefficient (Wildman–Crippen LogP) is 4.77. The first-order valence-electron chi connectivity index (χ1n) is 10.2. The zero-order chi connectivity index (χ0) is 20.9. The van der Waals surface area contributed by atoms with Crippen LogP contribution in [0.15, 0.2) is 41.7 Å². The number of ketones is 1. The van der Waals surface area contributed by atoms with E-state index in [0.29, 0.717) is 29.0 Å². The van der Waals surface area contributed by atoms with Crippen LogP contribution in [0.3, 0.4) is 0 Å². The van der Waals surface area contributed by atoms with Crippen molar-refractivity contribution < 1.29 is 14.3 Å². The lowest BCUT2D eigenvalue weighted by atomic mass is 9.95. The van der Waals surface area contributed by atoms with Crippen LogP contribution in [0.2, 0.25) is 0 Å². The van der Waals surface area contributed by atoms with Crippen molar-refractivity contribution in [2.45, 2.75) is 43.3 Å². The number of aromatic amines is 1. The maximum atomic E-state index is 12.5. The van der Waals surface area contributed by atoms with E-state index in [4.69, 9.17) is 9.47 Å². The monoisotopic (exact) mass is 426 g/mol. The van der Waals surface area contributed by atoms with Crippen LogP contribution >= 0.6 is 11.8 Å². The zero-order valence-corrected chi connectivity index (χ0v) is 18.1. The third-order valence-electron chi connectivity index (χ3n) is 5.48. The van der Waals surface area contributed by atoms with Gasteiger partial charge in [-0.15, -0.1) is 10.2 Å². The maximum absolute atomic E-state index is 12.5. The number of hydrogen-bond acceptors (Lipinski definition) is 6. The van der Waals surface area contributed by atoms with E-state index in [1.807, 2.05) is 24.3 Å². The van der Waals surface area contributed by atoms with Crippen molar-refractivity contribution in [1.29, 1.82) is 0 Å². The van der Waals surface area contributed by atoms with Crippen LogP contribution in [0, 0.1) is 0 Å². The number of nitrogens with zero attached hydrogens (tertiary/aromatic N) is 3. The molecule has 1 saturated carbocycles. The number of carbonyl (C=O) groups excluding carboxylic acids is 1. The molecule has 0 bridgehead atoms. The largest absolute Gasteiger partial charge is 0.493 e. The number of methoxy groups -OCH3 is 2. The molecule has 0 aliphatic heterocycles. The molecule has 158 valence electrons. The van der Waals surface area contributed by atoms with Gasteiger partial charge in [-0.1, -0.05) is 31.0 Å². The summed E-state index contributed by atoms with van der Waals surface area (Å²) in [6, 6.07) is 9.75. The topological polar surface area (TPSA) is 82.0 Å². The van der Waals surface area contributed by atoms with Crippen molar-refractivity contribution in [3.8, 4) is 22.9 Å². The minimum Gasteiger partial charge on any atom is -0.493 e. The lowest BCUT2D eigenvalue weighted by molar-refractivity contribution is 0.101. The molecule has 8 heteroatoms. The Labute approximate surface area is 180 Å². The molecular weight excluding hydrogens is 400 g/mol. The van der Waals surface area contributed by atoms with Crippen molar-refractivity contribution in [3.05, 3.63) is 42.2 Å². The Bertz CT molecular complexity index is 994. The summed E-state index contributed by atoms with van der Waals surface area (Å²) in [6.07, 6.45) is 7.60. The number of aromatic nitrogens is 4. The fraction of sp³-hybridized carbons (Fsp3) is 0.409. The quantitative estimate of drug-likeness (QED) is 0.413. The lowest BCUT2D eigenvalue weighted by Gasteiger charge is -2.25. The number of Topliss-reactive ketones (excluding diaryl/α,β-unsaturated/α-hetero) is 1. The van der Waals surface area contributed by atoms with Gasteiger partial charge in [0.05, 0.1) is 25.7 Å². The smallest absolute Gasteiger partial charge is 0.192 e. The Kier molecular flexibility index (Phi) is 6.42. The molecule has 4 rings (SSSR count). The molecule has 2 heterocycles. The summed E-state index contributed by atoms with van der Waals surface area (Å²) < 4.78 is 13.1. The Balaban J connectivity index is 1.66. The van der Waals surface area contributed by atoms with Gasteiger partial charge in [0.15, 0.2) is 28.3 Å². The average Bonchev–Trinajstić information content (AvgIpc) is 3.48. The van der Waals surface area contributed by atoms with Gasteiger partial charge in [-0.05, 0) is 43.2 Å². The summed E-state index contributed by atoms with van der Waals surface area (Å²) in [6.45, 7) is 0. The SMILES string of the molecule is COc1ccc(-c2nnc(SCC(=O)c3ccc[nH]3)n2C2CCCCC2)cc1OC. The Morgan fingerprint density at radius 1 is 1.13 bits per heavy atom. The van der Waals surface area contributed by atoms with Crippen molar-refractivity contribution in [2.24, 2.45) is 0 Å². The minimum absolute atomic E-state index is 0.0517. The lowest BCUT2D eigenvalue weighted by Crippen LogP contribution is -2.15. The van der Waals surface area contributed by atoms with Crippen LogP contribution in [0.25, 0.3) is 11.4 Å². The van der Waals surface area contributed by atoms with Gasteiger partial charge < -0.3 is 14.5 Å². The van der Waals surface area contributed by atoms with Crippen LogP contribution in [-0.2, 0) is 0 Å². The molecule has 0 amide bonds. The Morgan fingerprint density at radius 2 is 1.93 bits per heavy atom. The number of H-pyrrole nitrogens is 1. The molecule has 0 radical (unpaired) electrons. The van der Waals surface area contributed by atoms with Crippen LogP contribution in [-0.4, -0.2) is 45.5 Å². The number of ether oxygens (including phenoxy) is 2. The van der Waals surface area contributed by atoms with E-state index in [9.17, 15) is 4.79 Å². The summed E-state index contributed by atoms with van der Waals surface area (Å²) in [4.78, 5) is 15.4. The van der Waals surface area contributed by atoms with Crippen LogP contribution in [0.4, 0.5) is 0 Å². The molecule has 0 atom stereocenters. The van der Waals surface area contributed by atoms with Gasteiger partial charge in [0, 0.05) is 17.8 Å². The van der Waals surface area contributed by atoms with Crippen LogP contribution in [0.1, 0.15) is 48.6 Å². The Morgan fingerprint density at radius 3 is 2.63 bits per heavy atom. The van der Waals surface area contributed by atoms with Gasteiger partial charge in [-0.2, -0.15) is 0 Å². The average molecular weight is 427 g/mol. The highest BCUT2D eigenvalue weighted by molar-refractivity contribution is 7.99. The highest BCUT2D eigenvalue weighted by atomic mass is 32.2. The highest BCUT2D eigenvalue weighted by Gasteiger charge is 2.25. The van der Waals surface area contributed by atoms with E-state index in [1.54, 1.807) is 26.5 Å². The normalized spacial score (nSPS) is 14.6. The molecule has 3 aromatic rings. The van der Waals surface area contributed by atoms with Crippen molar-refractivity contribution >= 4 is 17.5 Å². The van der Waals surface area contributed by atoms with E-state index >= 15 is 0 Å². The third kappa shape index (κ3) is 4.23. The number of hydrogen-bond donors (Lipinski definition) is 1. The molecule has 30 heavy (non-hydrogen) atoms. The number of thioether (sulfide) groups is 1. The molecule has 0 saturated heterocycles. The van der Waals surface area contributed by atoms with E-state index in [1.165, 1.54) is 31.0 Å². The first kappa shape index (κ1) is 20.5. The number of rotatable bonds is 8. The first-order valence-corrected chi connectivity index (χ1v) is 11.2. The summed E-state index contributed by atoms with van der Waals surface area (Å²) in [5.41, 5.74) is 1.54. The molecule has 1 aliphatic carbocycles. The molecule has 0 spiro atoms. The van der Waals surface area contributed by atoms with E-state index in [0.717, 1.165) is 29.4 Å². The molecule has 1 N–H and O–H groups in total. The fourth-order valence-corrected chi connectivity index (χ4v) is 4.82. The maximum Gasteiger partial charge on any atom is 0.192 e. The number of benzene rings is 1. The second-order valence-electron chi connectivity index (χ2n) is 7.33. The van der Waals surface area contributed by atoms with Crippen LogP contribution < -0.4 is 9.47 Å². The first-order chi connectivity index (χ1) is 14.7. The summed E-state index contributed by atoms with van der Waals surface area (Å²) in [7, 11) is 3.25. The summed E-state index contributed by atoms with van der Waals surface area (Å²) in [5.74, 6) is 2.51. The standard InChI is InChI=1S/C22H26N4O3S/c1-28-19-11-10-15(13-20(19)29-2)21-24-25-22(26(21)16-7-4-3-5-8-16)30-14-18(27)17-9-6-12-23-17/h6,9-13,16,23H,3-5,7-8,14H2,1-2H3. The minimum atomic E-state index is 0.0517. The number of carbonyl (C=O) groups is 1. The summed E-state index contributed by atoms with van der Waals surface area (Å²) >= 11 is 1.44. The molecule has 0 unspecified atom stereocenters. The fourth-order valence-electron chi connectivity index (χ4n) is 3.93. The molecule has 7 nitrogen and oxygen atoms in total. The molecule has 1 aromatic carbocycles. The number of nitrogens with one attached hydrogen (secondary N) is 1. The molecule has 2 aromatic heterocycles. The zero-order valence-electron chi connectivity index (χ0n) is 17.3. The van der Waals surface area contributed by atoms with Crippen LogP contribution in [0.5, 0.6) is 11.5 Å². The van der Waals surface area contributed by atoms with Gasteiger partial charge in [0.25, 0.3) is 0 Å². The second-order valence-corrected chi connectivity index (χ2v) is 8.28. The van der Waals surface area contributed by atoms with Crippen molar-refractivity contribution in [1.82, 2.24) is 19.7 Å². The molecular formula is C22H26N4O3S. The van der Waals surface area contributed by atoms with E-state index < -0.39 is 0 Å². The van der Waals surface area contributed by atoms with E-state index in [-0.39, 0.29) is 5.78 Å². The van der Waals surface area contributed by atoms with Gasteiger partial charge in [0.1, 0.15) is 0 Å². The third-order valence-corrected chi connectivity index (χ3v) is 6.42. The Hall–Kier alpha value is -2.74. The second kappa shape index (κ2) is 9.38. The molecule has 1 fully saturated rings. The van der Waals surface area contributed by atoms with Gasteiger partial charge in [-0.3, -0.25) is 9.36 Å². The van der Waals surface area contributed by atoms with Crippen molar-refractivity contribution in [2.75, 3.05) is 20.0 Å². The van der Waals surface area contributed by atoms with Gasteiger partial charge in [-0.25, -0.2) is 0 Å². The van der Waals surface area contributed by atoms with Gasteiger partial charge >= 0.3 is 0 Å². The van der Waals surface area contributed by atoms with Gasteiger partial charge in [0.2, 0.25) is 0 Å². The molecule has 1 aliphatic rings. The highest BCUT2D eigenvalue weighted by Crippen LogP contribution is 2.38.